The first-order chi connectivity index (χ1) is 10.6. The Morgan fingerprint density at radius 1 is 0.909 bits per heavy atom. The van der Waals surface area contributed by atoms with Crippen LogP contribution in [-0.2, 0) is 4.79 Å². The molecule has 0 spiro atoms. The van der Waals surface area contributed by atoms with E-state index in [0.717, 1.165) is 5.56 Å². The molecule has 22 heavy (non-hydrogen) atoms. The molecule has 0 fully saturated rings. The molecule has 2 rings (SSSR count). The van der Waals surface area contributed by atoms with Crippen molar-refractivity contribution in [3.63, 3.8) is 0 Å². The Kier molecular flexibility index (Phi) is 5.48. The fourth-order valence-corrected chi connectivity index (χ4v) is 2.42. The van der Waals surface area contributed by atoms with E-state index < -0.39 is 5.92 Å². The van der Waals surface area contributed by atoms with Gasteiger partial charge in [-0.25, -0.2) is 0 Å². The maximum atomic E-state index is 12.8. The summed E-state index contributed by atoms with van der Waals surface area (Å²) in [5, 5.41) is 2.86. The van der Waals surface area contributed by atoms with Gasteiger partial charge in [0.25, 0.3) is 0 Å². The van der Waals surface area contributed by atoms with Crippen LogP contribution in [0.2, 0.25) is 0 Å². The van der Waals surface area contributed by atoms with Crippen molar-refractivity contribution in [1.29, 1.82) is 0 Å². The molecule has 114 valence electrons. The molecule has 2 aromatic carbocycles. The summed E-state index contributed by atoms with van der Waals surface area (Å²) < 4.78 is 0. The van der Waals surface area contributed by atoms with E-state index in [2.05, 4.69) is 5.32 Å². The Labute approximate surface area is 131 Å². The number of hydrogen-bond donors (Lipinski definition) is 1. The van der Waals surface area contributed by atoms with Gasteiger partial charge in [-0.15, -0.1) is 0 Å². The zero-order chi connectivity index (χ0) is 15.9. The second-order valence-electron chi connectivity index (χ2n) is 5.62. The van der Waals surface area contributed by atoms with Gasteiger partial charge in [-0.1, -0.05) is 60.7 Å². The lowest BCUT2D eigenvalue weighted by Crippen LogP contribution is -2.32. The molecule has 0 saturated carbocycles. The highest BCUT2D eigenvalue weighted by molar-refractivity contribution is 6.03. The van der Waals surface area contributed by atoms with Crippen molar-refractivity contribution in [2.45, 2.75) is 32.2 Å². The number of ketones is 1. The van der Waals surface area contributed by atoms with Crippen LogP contribution in [-0.4, -0.2) is 17.7 Å². The summed E-state index contributed by atoms with van der Waals surface area (Å²) in [6.07, 6.45) is 0.163. The summed E-state index contributed by atoms with van der Waals surface area (Å²) in [4.78, 5) is 24.9. The van der Waals surface area contributed by atoms with Crippen LogP contribution in [0.15, 0.2) is 60.7 Å². The van der Waals surface area contributed by atoms with E-state index in [1.54, 1.807) is 12.1 Å². The lowest BCUT2D eigenvalue weighted by molar-refractivity contribution is -0.121. The Hall–Kier alpha value is -2.42. The third-order valence-electron chi connectivity index (χ3n) is 3.42. The molecule has 3 nitrogen and oxygen atoms in total. The topological polar surface area (TPSA) is 46.2 Å². The van der Waals surface area contributed by atoms with Gasteiger partial charge in [0.1, 0.15) is 0 Å². The van der Waals surface area contributed by atoms with Crippen LogP contribution in [0.4, 0.5) is 0 Å². The number of hydrogen-bond acceptors (Lipinski definition) is 2. The summed E-state index contributed by atoms with van der Waals surface area (Å²) >= 11 is 0. The second kappa shape index (κ2) is 7.55. The first kappa shape index (κ1) is 16.0. The lowest BCUT2D eigenvalue weighted by Gasteiger charge is -2.17. The molecule has 0 radical (unpaired) electrons. The van der Waals surface area contributed by atoms with Crippen molar-refractivity contribution >= 4 is 11.7 Å². The third-order valence-corrected chi connectivity index (χ3v) is 3.42. The maximum absolute atomic E-state index is 12.8. The molecule has 2 aromatic rings. The van der Waals surface area contributed by atoms with Crippen LogP contribution in [0.3, 0.4) is 0 Å². The molecule has 0 heterocycles. The van der Waals surface area contributed by atoms with Gasteiger partial charge in [-0.05, 0) is 19.4 Å². The van der Waals surface area contributed by atoms with E-state index in [1.807, 2.05) is 62.4 Å². The minimum Gasteiger partial charge on any atom is -0.354 e. The zero-order valence-electron chi connectivity index (χ0n) is 13.0. The Bertz CT molecular complexity index is 620. The molecule has 0 saturated heterocycles. The van der Waals surface area contributed by atoms with E-state index in [-0.39, 0.29) is 24.2 Å². The maximum Gasteiger partial charge on any atom is 0.221 e. The van der Waals surface area contributed by atoms with Crippen molar-refractivity contribution in [3.8, 4) is 0 Å². The lowest BCUT2D eigenvalue weighted by atomic mass is 9.87. The van der Waals surface area contributed by atoms with Crippen LogP contribution in [0.5, 0.6) is 0 Å². The highest BCUT2D eigenvalue weighted by atomic mass is 16.2. The van der Waals surface area contributed by atoms with Crippen LogP contribution in [0.1, 0.15) is 42.1 Å². The molecular formula is C19H21NO2. The Morgan fingerprint density at radius 2 is 1.45 bits per heavy atom. The Balaban J connectivity index is 2.26. The highest BCUT2D eigenvalue weighted by Gasteiger charge is 2.24. The van der Waals surface area contributed by atoms with Gasteiger partial charge in [0.2, 0.25) is 5.91 Å². The SMILES string of the molecule is CC(C)NC(=O)CC(C(=O)c1ccccc1)c1ccccc1. The van der Waals surface area contributed by atoms with E-state index in [9.17, 15) is 9.59 Å². The number of amides is 1. The van der Waals surface area contributed by atoms with Gasteiger partial charge < -0.3 is 5.32 Å². The van der Waals surface area contributed by atoms with Crippen molar-refractivity contribution in [1.82, 2.24) is 5.32 Å². The van der Waals surface area contributed by atoms with Crippen molar-refractivity contribution in [3.05, 3.63) is 71.8 Å². The van der Waals surface area contributed by atoms with E-state index >= 15 is 0 Å². The summed E-state index contributed by atoms with van der Waals surface area (Å²) in [5.74, 6) is -0.582. The predicted octanol–water partition coefficient (Wildman–Crippen LogP) is 3.57. The molecule has 1 amide bonds. The Morgan fingerprint density at radius 3 is 2.00 bits per heavy atom. The molecule has 1 N–H and O–H groups in total. The molecule has 0 aliphatic carbocycles. The second-order valence-corrected chi connectivity index (χ2v) is 5.62. The fourth-order valence-electron chi connectivity index (χ4n) is 2.42. The van der Waals surface area contributed by atoms with Crippen LogP contribution >= 0.6 is 0 Å². The van der Waals surface area contributed by atoms with Gasteiger partial charge >= 0.3 is 0 Å². The number of nitrogens with one attached hydrogen (secondary N) is 1. The monoisotopic (exact) mass is 295 g/mol. The molecule has 0 aliphatic heterocycles. The largest absolute Gasteiger partial charge is 0.354 e. The fraction of sp³-hybridized carbons (Fsp3) is 0.263. The predicted molar refractivity (Wildman–Crippen MR) is 87.9 cm³/mol. The normalized spacial score (nSPS) is 12.0. The first-order valence-electron chi connectivity index (χ1n) is 7.51. The zero-order valence-corrected chi connectivity index (χ0v) is 13.0. The number of carbonyl (C=O) groups is 2. The van der Waals surface area contributed by atoms with Crippen LogP contribution in [0, 0.1) is 0 Å². The van der Waals surface area contributed by atoms with Crippen molar-refractivity contribution in [2.24, 2.45) is 0 Å². The minimum absolute atomic E-state index is 0.0225. The van der Waals surface area contributed by atoms with Crippen molar-refractivity contribution < 1.29 is 9.59 Å². The van der Waals surface area contributed by atoms with Gasteiger partial charge in [0.05, 0.1) is 5.92 Å². The molecule has 1 unspecified atom stereocenters. The molecule has 1 atom stereocenters. The van der Waals surface area contributed by atoms with Crippen LogP contribution < -0.4 is 5.32 Å². The highest BCUT2D eigenvalue weighted by Crippen LogP contribution is 2.24. The van der Waals surface area contributed by atoms with E-state index in [4.69, 9.17) is 0 Å². The molecule has 0 aliphatic rings. The van der Waals surface area contributed by atoms with E-state index in [0.29, 0.717) is 5.56 Å². The first-order valence-corrected chi connectivity index (χ1v) is 7.51. The van der Waals surface area contributed by atoms with E-state index in [1.165, 1.54) is 0 Å². The smallest absolute Gasteiger partial charge is 0.221 e. The summed E-state index contributed by atoms with van der Waals surface area (Å²) in [7, 11) is 0. The number of Topliss-reactive ketones (excluding diaryl/α,β-unsaturated/α-hetero) is 1. The molecule has 0 bridgehead atoms. The standard InChI is InChI=1S/C19H21NO2/c1-14(2)20-18(21)13-17(15-9-5-3-6-10-15)19(22)16-11-7-4-8-12-16/h3-12,14,17H,13H2,1-2H3,(H,20,21). The quantitative estimate of drug-likeness (QED) is 0.828. The van der Waals surface area contributed by atoms with Crippen LogP contribution in [0.25, 0.3) is 0 Å². The minimum atomic E-state index is -0.456. The summed E-state index contributed by atoms with van der Waals surface area (Å²) in [6, 6.07) is 18.7. The summed E-state index contributed by atoms with van der Waals surface area (Å²) in [6.45, 7) is 3.82. The summed E-state index contributed by atoms with van der Waals surface area (Å²) in [5.41, 5.74) is 1.50. The van der Waals surface area contributed by atoms with Gasteiger partial charge in [0.15, 0.2) is 5.78 Å². The molecular weight excluding hydrogens is 274 g/mol. The van der Waals surface area contributed by atoms with Crippen molar-refractivity contribution in [2.75, 3.05) is 0 Å². The average molecular weight is 295 g/mol. The third kappa shape index (κ3) is 4.29. The van der Waals surface area contributed by atoms with Gasteiger partial charge in [0, 0.05) is 18.0 Å². The number of carbonyl (C=O) groups excluding carboxylic acids is 2. The number of rotatable bonds is 6. The van der Waals surface area contributed by atoms with Gasteiger partial charge in [-0.3, -0.25) is 9.59 Å². The average Bonchev–Trinajstić information content (AvgIpc) is 2.53. The van der Waals surface area contributed by atoms with Gasteiger partial charge in [-0.2, -0.15) is 0 Å². The molecule has 0 aromatic heterocycles. The number of benzene rings is 2. The molecule has 3 heteroatoms.